The first-order chi connectivity index (χ1) is 13.9. The van der Waals surface area contributed by atoms with Gasteiger partial charge in [0.25, 0.3) is 5.91 Å². The molecule has 0 radical (unpaired) electrons. The maximum absolute atomic E-state index is 12.1. The summed E-state index contributed by atoms with van der Waals surface area (Å²) in [5.41, 5.74) is 5.78. The zero-order chi connectivity index (χ0) is 21.2. The average molecular weight is 522 g/mol. The minimum absolute atomic E-state index is 0. The first-order valence-electron chi connectivity index (χ1n) is 10.3. The molecule has 0 spiro atoms. The topological polar surface area (TPSA) is 56.7 Å². The van der Waals surface area contributed by atoms with Gasteiger partial charge in [-0.15, -0.1) is 24.0 Å². The van der Waals surface area contributed by atoms with Crippen LogP contribution >= 0.6 is 24.0 Å². The lowest BCUT2D eigenvalue weighted by Gasteiger charge is -2.12. The molecule has 0 fully saturated rings. The van der Waals surface area contributed by atoms with E-state index in [1.54, 1.807) is 19.0 Å². The summed E-state index contributed by atoms with van der Waals surface area (Å²) in [5, 5.41) is 6.72. The Labute approximate surface area is 198 Å². The van der Waals surface area contributed by atoms with Crippen LogP contribution in [0.3, 0.4) is 0 Å². The highest BCUT2D eigenvalue weighted by atomic mass is 127. The van der Waals surface area contributed by atoms with Gasteiger partial charge in [0, 0.05) is 39.3 Å². The largest absolute Gasteiger partial charge is 0.357 e. The number of benzene rings is 2. The number of hydrogen-bond acceptors (Lipinski definition) is 2. The van der Waals surface area contributed by atoms with E-state index in [1.165, 1.54) is 16.7 Å². The van der Waals surface area contributed by atoms with Crippen LogP contribution in [0.1, 0.15) is 39.5 Å². The van der Waals surface area contributed by atoms with Gasteiger partial charge in [-0.05, 0) is 56.9 Å². The number of carbonyl (C=O) groups is 1. The lowest BCUT2D eigenvalue weighted by molar-refractivity contribution is 0.0827. The van der Waals surface area contributed by atoms with Crippen LogP contribution in [0, 0.1) is 13.8 Å². The van der Waals surface area contributed by atoms with Gasteiger partial charge in [0.1, 0.15) is 0 Å². The fourth-order valence-electron chi connectivity index (χ4n) is 3.30. The Hall–Kier alpha value is -2.09. The van der Waals surface area contributed by atoms with Gasteiger partial charge < -0.3 is 15.5 Å². The first-order valence-corrected chi connectivity index (χ1v) is 10.3. The lowest BCUT2D eigenvalue weighted by Crippen LogP contribution is -2.38. The fourth-order valence-corrected chi connectivity index (χ4v) is 3.30. The van der Waals surface area contributed by atoms with Gasteiger partial charge in [-0.2, -0.15) is 0 Å². The van der Waals surface area contributed by atoms with Crippen molar-refractivity contribution in [2.45, 2.75) is 33.6 Å². The van der Waals surface area contributed by atoms with Crippen molar-refractivity contribution >= 4 is 35.8 Å². The Bertz CT molecular complexity index is 829. The maximum Gasteiger partial charge on any atom is 0.253 e. The summed E-state index contributed by atoms with van der Waals surface area (Å²) in [6.07, 6.45) is 1.75. The number of hydrogen-bond donors (Lipinski definition) is 2. The standard InChI is InChI=1S/C24H34N4O.HI/c1-6-25-24(27-13-11-21-15-18(2)14-19(3)16-21)26-12-10-20-8-7-9-22(17-20)23(29)28(4)5;/h7-9,14-17H,6,10-13H2,1-5H3,(H2,25,26,27);1H. The Kier molecular flexibility index (Phi) is 11.5. The Morgan fingerprint density at radius 2 is 1.67 bits per heavy atom. The van der Waals surface area contributed by atoms with Crippen LogP contribution in [-0.2, 0) is 12.8 Å². The molecule has 0 saturated carbocycles. The predicted molar refractivity (Wildman–Crippen MR) is 137 cm³/mol. The second kappa shape index (κ2) is 13.3. The number of nitrogens with one attached hydrogen (secondary N) is 2. The average Bonchev–Trinajstić information content (AvgIpc) is 2.67. The SMILES string of the molecule is CCNC(=NCCc1cccc(C(=O)N(C)C)c1)NCCc1cc(C)cc(C)c1.I. The highest BCUT2D eigenvalue weighted by Gasteiger charge is 2.08. The minimum Gasteiger partial charge on any atom is -0.357 e. The number of aryl methyl sites for hydroxylation is 2. The van der Waals surface area contributed by atoms with Gasteiger partial charge in [0.05, 0.1) is 0 Å². The van der Waals surface area contributed by atoms with Crippen LogP contribution in [-0.4, -0.2) is 50.5 Å². The van der Waals surface area contributed by atoms with Gasteiger partial charge in [0.2, 0.25) is 0 Å². The molecule has 0 aliphatic carbocycles. The molecule has 2 N–H and O–H groups in total. The zero-order valence-electron chi connectivity index (χ0n) is 18.8. The van der Waals surface area contributed by atoms with Crippen molar-refractivity contribution in [2.75, 3.05) is 33.7 Å². The summed E-state index contributed by atoms with van der Waals surface area (Å²) in [5.74, 6) is 0.856. The van der Waals surface area contributed by atoms with Crippen LogP contribution in [0.5, 0.6) is 0 Å². The van der Waals surface area contributed by atoms with Crippen molar-refractivity contribution in [3.8, 4) is 0 Å². The summed E-state index contributed by atoms with van der Waals surface area (Å²) in [4.78, 5) is 18.4. The van der Waals surface area contributed by atoms with E-state index in [2.05, 4.69) is 54.6 Å². The van der Waals surface area contributed by atoms with Crippen molar-refractivity contribution in [1.29, 1.82) is 0 Å². The van der Waals surface area contributed by atoms with Crippen molar-refractivity contribution in [3.05, 3.63) is 70.3 Å². The third kappa shape index (κ3) is 8.73. The van der Waals surface area contributed by atoms with E-state index in [0.717, 1.165) is 43.0 Å². The first kappa shape index (κ1) is 25.9. The molecular formula is C24H35IN4O. The molecule has 2 aromatic carbocycles. The van der Waals surface area contributed by atoms with Gasteiger partial charge in [-0.3, -0.25) is 9.79 Å². The number of aliphatic imine (C=N–C) groups is 1. The molecule has 5 nitrogen and oxygen atoms in total. The molecule has 2 aromatic rings. The lowest BCUT2D eigenvalue weighted by atomic mass is 10.1. The number of guanidine groups is 1. The van der Waals surface area contributed by atoms with Gasteiger partial charge in [0.15, 0.2) is 5.96 Å². The number of rotatable bonds is 8. The summed E-state index contributed by atoms with van der Waals surface area (Å²) < 4.78 is 0. The van der Waals surface area contributed by atoms with Crippen LogP contribution < -0.4 is 10.6 Å². The van der Waals surface area contributed by atoms with Gasteiger partial charge in [-0.25, -0.2) is 0 Å². The Balaban J connectivity index is 0.00000450. The maximum atomic E-state index is 12.1. The quantitative estimate of drug-likeness (QED) is 0.314. The third-order valence-electron chi connectivity index (χ3n) is 4.58. The van der Waals surface area contributed by atoms with Crippen molar-refractivity contribution < 1.29 is 4.79 Å². The molecule has 0 atom stereocenters. The molecule has 0 unspecified atom stereocenters. The minimum atomic E-state index is 0. The highest BCUT2D eigenvalue weighted by molar-refractivity contribution is 14.0. The zero-order valence-corrected chi connectivity index (χ0v) is 21.1. The number of halogens is 1. The van der Waals surface area contributed by atoms with E-state index in [-0.39, 0.29) is 29.9 Å². The van der Waals surface area contributed by atoms with Crippen molar-refractivity contribution in [3.63, 3.8) is 0 Å². The molecule has 30 heavy (non-hydrogen) atoms. The molecule has 0 aliphatic heterocycles. The summed E-state index contributed by atoms with van der Waals surface area (Å²) in [6, 6.07) is 14.5. The Morgan fingerprint density at radius 3 is 2.30 bits per heavy atom. The predicted octanol–water partition coefficient (Wildman–Crippen LogP) is 3.96. The molecule has 0 aromatic heterocycles. The van der Waals surface area contributed by atoms with E-state index in [9.17, 15) is 4.79 Å². The normalized spacial score (nSPS) is 10.9. The van der Waals surface area contributed by atoms with Crippen LogP contribution in [0.15, 0.2) is 47.5 Å². The molecule has 164 valence electrons. The highest BCUT2D eigenvalue weighted by Crippen LogP contribution is 2.09. The second-order valence-electron chi connectivity index (χ2n) is 7.58. The molecule has 0 heterocycles. The number of amides is 1. The second-order valence-corrected chi connectivity index (χ2v) is 7.58. The van der Waals surface area contributed by atoms with E-state index in [1.807, 2.05) is 24.3 Å². The van der Waals surface area contributed by atoms with Crippen molar-refractivity contribution in [1.82, 2.24) is 15.5 Å². The molecular weight excluding hydrogens is 487 g/mol. The molecule has 6 heteroatoms. The molecule has 0 aliphatic rings. The Morgan fingerprint density at radius 1 is 0.967 bits per heavy atom. The van der Waals surface area contributed by atoms with Crippen LogP contribution in [0.25, 0.3) is 0 Å². The summed E-state index contributed by atoms with van der Waals surface area (Å²) in [7, 11) is 3.54. The van der Waals surface area contributed by atoms with Gasteiger partial charge >= 0.3 is 0 Å². The molecule has 1 amide bonds. The van der Waals surface area contributed by atoms with Crippen molar-refractivity contribution in [2.24, 2.45) is 4.99 Å². The van der Waals surface area contributed by atoms with Gasteiger partial charge in [-0.1, -0.05) is 41.5 Å². The van der Waals surface area contributed by atoms with E-state index in [0.29, 0.717) is 6.54 Å². The fraction of sp³-hybridized carbons (Fsp3) is 0.417. The summed E-state index contributed by atoms with van der Waals surface area (Å²) in [6.45, 7) is 8.66. The smallest absolute Gasteiger partial charge is 0.253 e. The molecule has 2 rings (SSSR count). The van der Waals surface area contributed by atoms with Crippen LogP contribution in [0.2, 0.25) is 0 Å². The van der Waals surface area contributed by atoms with E-state index >= 15 is 0 Å². The molecule has 0 bridgehead atoms. The van der Waals surface area contributed by atoms with Crippen LogP contribution in [0.4, 0.5) is 0 Å². The number of nitrogens with zero attached hydrogens (tertiary/aromatic N) is 2. The number of carbonyl (C=O) groups excluding carboxylic acids is 1. The summed E-state index contributed by atoms with van der Waals surface area (Å²) >= 11 is 0. The monoisotopic (exact) mass is 522 g/mol. The van der Waals surface area contributed by atoms with E-state index < -0.39 is 0 Å². The van der Waals surface area contributed by atoms with E-state index in [4.69, 9.17) is 0 Å². The third-order valence-corrected chi connectivity index (χ3v) is 4.58. The molecule has 0 saturated heterocycles.